The molecule has 5 nitrogen and oxygen atoms in total. The fourth-order valence-corrected chi connectivity index (χ4v) is 3.88. The molecule has 0 atom stereocenters. The first kappa shape index (κ1) is 16.0. The van der Waals surface area contributed by atoms with E-state index in [0.717, 1.165) is 17.9 Å². The average molecular weight is 310 g/mol. The highest BCUT2D eigenvalue weighted by Gasteiger charge is 2.24. The summed E-state index contributed by atoms with van der Waals surface area (Å²) in [7, 11) is -3.84. The van der Waals surface area contributed by atoms with Gasteiger partial charge in [-0.3, -0.25) is 4.79 Å². The maximum atomic E-state index is 12.3. The van der Waals surface area contributed by atoms with Crippen molar-refractivity contribution in [3.63, 3.8) is 0 Å². The molecule has 21 heavy (non-hydrogen) atoms. The van der Waals surface area contributed by atoms with E-state index in [0.29, 0.717) is 23.2 Å². The Balaban J connectivity index is 2.31. The highest BCUT2D eigenvalue weighted by molar-refractivity contribution is 7.89. The number of carbonyl (C=O) groups excluding carboxylic acids is 1. The lowest BCUT2D eigenvalue weighted by molar-refractivity contribution is 0.0951. The minimum atomic E-state index is -3.84. The Morgan fingerprint density at radius 2 is 1.90 bits per heavy atom. The first-order chi connectivity index (χ1) is 9.71. The number of amides is 1. The fraction of sp³-hybridized carbons (Fsp3) is 0.533. The highest BCUT2D eigenvalue weighted by Crippen LogP contribution is 2.31. The van der Waals surface area contributed by atoms with E-state index in [1.165, 1.54) is 12.8 Å². The molecule has 116 valence electrons. The predicted octanol–water partition coefficient (Wildman–Crippen LogP) is 1.79. The molecule has 1 aromatic rings. The van der Waals surface area contributed by atoms with E-state index in [4.69, 9.17) is 5.14 Å². The van der Waals surface area contributed by atoms with Crippen molar-refractivity contribution in [2.75, 3.05) is 6.54 Å². The molecule has 1 aliphatic carbocycles. The summed E-state index contributed by atoms with van der Waals surface area (Å²) in [5, 5.41) is 8.14. The van der Waals surface area contributed by atoms with Crippen molar-refractivity contribution in [2.24, 2.45) is 11.1 Å². The number of aryl methyl sites for hydroxylation is 2. The van der Waals surface area contributed by atoms with Gasteiger partial charge < -0.3 is 5.32 Å². The van der Waals surface area contributed by atoms with Gasteiger partial charge in [-0.25, -0.2) is 13.6 Å². The lowest BCUT2D eigenvalue weighted by Gasteiger charge is -2.15. The lowest BCUT2D eigenvalue weighted by Crippen LogP contribution is -2.27. The molecule has 2 rings (SSSR count). The van der Waals surface area contributed by atoms with Crippen LogP contribution in [0.15, 0.2) is 11.0 Å². The topological polar surface area (TPSA) is 89.3 Å². The van der Waals surface area contributed by atoms with Crippen LogP contribution in [0.25, 0.3) is 0 Å². The molecule has 1 fully saturated rings. The zero-order chi connectivity index (χ0) is 15.8. The van der Waals surface area contributed by atoms with E-state index in [-0.39, 0.29) is 10.8 Å². The van der Waals surface area contributed by atoms with Gasteiger partial charge in [0.1, 0.15) is 0 Å². The van der Waals surface area contributed by atoms with E-state index in [2.05, 4.69) is 5.32 Å². The molecule has 0 aromatic heterocycles. The molecular weight excluding hydrogens is 288 g/mol. The number of nitrogens with one attached hydrogen (secondary N) is 1. The molecular formula is C15H22N2O3S. The summed E-state index contributed by atoms with van der Waals surface area (Å²) >= 11 is 0. The van der Waals surface area contributed by atoms with Crippen LogP contribution >= 0.6 is 0 Å². The van der Waals surface area contributed by atoms with Gasteiger partial charge in [0, 0.05) is 12.1 Å². The molecule has 0 aliphatic heterocycles. The Hall–Kier alpha value is -1.40. The second-order valence-corrected chi connectivity index (χ2v) is 7.37. The molecule has 0 unspecified atom stereocenters. The summed E-state index contributed by atoms with van der Waals surface area (Å²) in [4.78, 5) is 12.4. The third-order valence-corrected chi connectivity index (χ3v) is 5.14. The Bertz CT molecular complexity index is 677. The Kier molecular flexibility index (Phi) is 4.39. The Labute approximate surface area is 126 Å². The minimum Gasteiger partial charge on any atom is -0.352 e. The summed E-state index contributed by atoms with van der Waals surface area (Å²) in [6.07, 6.45) is 3.47. The largest absolute Gasteiger partial charge is 0.352 e. The van der Waals surface area contributed by atoms with Crippen molar-refractivity contribution >= 4 is 15.9 Å². The molecule has 6 heteroatoms. The third-order valence-electron chi connectivity index (χ3n) is 3.95. The van der Waals surface area contributed by atoms with E-state index in [9.17, 15) is 13.2 Å². The highest BCUT2D eigenvalue weighted by atomic mass is 32.2. The zero-order valence-electron chi connectivity index (χ0n) is 12.7. The van der Waals surface area contributed by atoms with Crippen LogP contribution in [0.5, 0.6) is 0 Å². The van der Waals surface area contributed by atoms with Gasteiger partial charge in [0.05, 0.1) is 4.90 Å². The summed E-state index contributed by atoms with van der Waals surface area (Å²) in [6, 6.07) is 1.70. The van der Waals surface area contributed by atoms with Crippen molar-refractivity contribution in [1.29, 1.82) is 0 Å². The number of primary sulfonamides is 1. The van der Waals surface area contributed by atoms with Crippen molar-refractivity contribution < 1.29 is 13.2 Å². The number of sulfonamides is 1. The molecule has 0 radical (unpaired) electrons. The molecule has 1 saturated carbocycles. The van der Waals surface area contributed by atoms with Gasteiger partial charge in [-0.1, -0.05) is 18.9 Å². The maximum Gasteiger partial charge on any atom is 0.251 e. The van der Waals surface area contributed by atoms with Crippen molar-refractivity contribution in [3.05, 3.63) is 28.3 Å². The first-order valence-corrected chi connectivity index (χ1v) is 8.68. The summed E-state index contributed by atoms with van der Waals surface area (Å²) in [6.45, 7) is 5.76. The maximum absolute atomic E-state index is 12.3. The lowest BCUT2D eigenvalue weighted by atomic mass is 9.99. The predicted molar refractivity (Wildman–Crippen MR) is 81.7 cm³/mol. The monoisotopic (exact) mass is 310 g/mol. The van der Waals surface area contributed by atoms with Gasteiger partial charge in [-0.2, -0.15) is 0 Å². The number of rotatable bonds is 5. The van der Waals surface area contributed by atoms with Gasteiger partial charge >= 0.3 is 0 Å². The standard InChI is InChI=1S/C15H22N2O3S/c1-9-8-10(2)14(21(16,19)20)11(3)13(9)15(18)17-7-6-12-4-5-12/h8,12H,4-7H2,1-3H3,(H,17,18)(H2,16,19,20). The third kappa shape index (κ3) is 3.63. The van der Waals surface area contributed by atoms with E-state index < -0.39 is 10.0 Å². The van der Waals surface area contributed by atoms with Crippen LogP contribution in [0.2, 0.25) is 0 Å². The average Bonchev–Trinajstić information content (AvgIpc) is 3.09. The van der Waals surface area contributed by atoms with E-state index in [1.807, 2.05) is 6.92 Å². The second-order valence-electron chi connectivity index (χ2n) is 5.87. The van der Waals surface area contributed by atoms with Crippen LogP contribution in [0.4, 0.5) is 0 Å². The quantitative estimate of drug-likeness (QED) is 0.869. The van der Waals surface area contributed by atoms with Gasteiger partial charge in [-0.15, -0.1) is 0 Å². The minimum absolute atomic E-state index is 0.0560. The molecule has 1 aromatic carbocycles. The molecule has 0 spiro atoms. The normalized spacial score (nSPS) is 15.0. The summed E-state index contributed by atoms with van der Waals surface area (Å²) < 4.78 is 23.4. The summed E-state index contributed by atoms with van der Waals surface area (Å²) in [5.74, 6) is 0.515. The van der Waals surface area contributed by atoms with Gasteiger partial charge in [0.2, 0.25) is 10.0 Å². The van der Waals surface area contributed by atoms with Gasteiger partial charge in [0.15, 0.2) is 0 Å². The number of nitrogens with two attached hydrogens (primary N) is 1. The van der Waals surface area contributed by atoms with Crippen LogP contribution in [0, 0.1) is 26.7 Å². The Morgan fingerprint density at radius 3 is 2.43 bits per heavy atom. The SMILES string of the molecule is Cc1cc(C)c(S(N)(=O)=O)c(C)c1C(=O)NCCC1CC1. The van der Waals surface area contributed by atoms with Crippen molar-refractivity contribution in [3.8, 4) is 0 Å². The van der Waals surface area contributed by atoms with Crippen LogP contribution in [-0.2, 0) is 10.0 Å². The van der Waals surface area contributed by atoms with Gasteiger partial charge in [-0.05, 0) is 49.8 Å². The van der Waals surface area contributed by atoms with Gasteiger partial charge in [0.25, 0.3) is 5.91 Å². The number of benzene rings is 1. The summed E-state index contributed by atoms with van der Waals surface area (Å²) in [5.41, 5.74) is 2.18. The number of hydrogen-bond acceptors (Lipinski definition) is 3. The van der Waals surface area contributed by atoms with Crippen LogP contribution in [0.3, 0.4) is 0 Å². The van der Waals surface area contributed by atoms with Crippen molar-refractivity contribution in [2.45, 2.75) is 44.9 Å². The molecule has 3 N–H and O–H groups in total. The van der Waals surface area contributed by atoms with E-state index >= 15 is 0 Å². The smallest absolute Gasteiger partial charge is 0.251 e. The number of hydrogen-bond donors (Lipinski definition) is 2. The van der Waals surface area contributed by atoms with Crippen LogP contribution in [0.1, 0.15) is 46.3 Å². The molecule has 0 saturated heterocycles. The molecule has 0 bridgehead atoms. The Morgan fingerprint density at radius 1 is 1.29 bits per heavy atom. The van der Waals surface area contributed by atoms with Crippen molar-refractivity contribution in [1.82, 2.24) is 5.32 Å². The molecule has 1 amide bonds. The fourth-order valence-electron chi connectivity index (χ4n) is 2.84. The van der Waals surface area contributed by atoms with Crippen LogP contribution in [-0.4, -0.2) is 20.9 Å². The molecule has 1 aliphatic rings. The number of carbonyl (C=O) groups is 1. The van der Waals surface area contributed by atoms with E-state index in [1.54, 1.807) is 19.9 Å². The second kappa shape index (κ2) is 5.77. The first-order valence-electron chi connectivity index (χ1n) is 7.13. The van der Waals surface area contributed by atoms with Crippen LogP contribution < -0.4 is 10.5 Å². The zero-order valence-corrected chi connectivity index (χ0v) is 13.5. The molecule has 0 heterocycles.